The Hall–Kier alpha value is -1.06. The van der Waals surface area contributed by atoms with Gasteiger partial charge in [0.25, 0.3) is 10.0 Å². The standard InChI is InChI=1S/C11H10FN3O2S3/c12-9-4-2-1-3-8(9)7-18-11-13-15-5-6-20(16,17)14-10(15)19-11/h1-4H,5-7H2. The van der Waals surface area contributed by atoms with E-state index in [0.717, 1.165) is 0 Å². The van der Waals surface area contributed by atoms with Crippen LogP contribution in [-0.4, -0.2) is 35.3 Å². The van der Waals surface area contributed by atoms with Crippen molar-refractivity contribution >= 4 is 43.1 Å². The zero-order valence-corrected chi connectivity index (χ0v) is 12.6. The lowest BCUT2D eigenvalue weighted by Crippen LogP contribution is -2.31. The smallest absolute Gasteiger partial charge is 0.239 e. The van der Waals surface area contributed by atoms with Gasteiger partial charge in [0.2, 0.25) is 5.17 Å². The maximum absolute atomic E-state index is 13.5. The Labute approximate surface area is 124 Å². The number of hydrogen-bond donors (Lipinski definition) is 0. The summed E-state index contributed by atoms with van der Waals surface area (Å²) in [5, 5.41) is 6.24. The van der Waals surface area contributed by atoms with Crippen molar-refractivity contribution in [2.75, 3.05) is 12.3 Å². The van der Waals surface area contributed by atoms with E-state index in [1.54, 1.807) is 23.2 Å². The molecule has 0 bridgehead atoms. The normalized spacial score (nSPS) is 20.4. The maximum Gasteiger partial charge on any atom is 0.257 e. The van der Waals surface area contributed by atoms with Crippen molar-refractivity contribution in [3.63, 3.8) is 0 Å². The van der Waals surface area contributed by atoms with Crippen LogP contribution in [0.15, 0.2) is 33.8 Å². The molecule has 1 aromatic rings. The second-order valence-electron chi connectivity index (χ2n) is 4.13. The minimum absolute atomic E-state index is 0.0220. The third-order valence-electron chi connectivity index (χ3n) is 2.69. The topological polar surface area (TPSA) is 62.1 Å². The molecule has 0 amide bonds. The molecule has 2 aliphatic rings. The zero-order valence-electron chi connectivity index (χ0n) is 10.2. The van der Waals surface area contributed by atoms with Crippen molar-refractivity contribution in [1.29, 1.82) is 0 Å². The summed E-state index contributed by atoms with van der Waals surface area (Å²) in [4.78, 5) is 0. The summed E-state index contributed by atoms with van der Waals surface area (Å²) in [6.07, 6.45) is 0. The summed E-state index contributed by atoms with van der Waals surface area (Å²) >= 11 is 2.58. The highest BCUT2D eigenvalue weighted by Gasteiger charge is 2.30. The van der Waals surface area contributed by atoms with Crippen LogP contribution in [0, 0.1) is 5.82 Å². The molecule has 0 spiro atoms. The van der Waals surface area contributed by atoms with Crippen LogP contribution in [0.25, 0.3) is 0 Å². The van der Waals surface area contributed by atoms with E-state index < -0.39 is 10.0 Å². The number of amidine groups is 1. The van der Waals surface area contributed by atoms with Crippen LogP contribution in [0.4, 0.5) is 4.39 Å². The van der Waals surface area contributed by atoms with Crippen LogP contribution in [0.3, 0.4) is 0 Å². The number of hydrogen-bond acceptors (Lipinski definition) is 6. The SMILES string of the molecule is O=S1(=O)CCN2N=C(SCc3ccccc3F)SC2=N1. The fourth-order valence-electron chi connectivity index (χ4n) is 1.68. The third-order valence-corrected chi connectivity index (χ3v) is 6.08. The fraction of sp³-hybridized carbons (Fsp3) is 0.273. The summed E-state index contributed by atoms with van der Waals surface area (Å²) in [7, 11) is -3.35. The second kappa shape index (κ2) is 5.38. The van der Waals surface area contributed by atoms with Gasteiger partial charge in [-0.15, -0.1) is 4.40 Å². The monoisotopic (exact) mass is 331 g/mol. The van der Waals surface area contributed by atoms with Gasteiger partial charge in [-0.3, -0.25) is 0 Å². The van der Waals surface area contributed by atoms with Gasteiger partial charge in [-0.05, 0) is 23.4 Å². The molecule has 106 valence electrons. The van der Waals surface area contributed by atoms with Gasteiger partial charge in [-0.25, -0.2) is 17.8 Å². The number of benzene rings is 1. The average Bonchev–Trinajstić information content (AvgIpc) is 2.78. The zero-order chi connectivity index (χ0) is 14.2. The van der Waals surface area contributed by atoms with Gasteiger partial charge < -0.3 is 0 Å². The number of nitrogens with zero attached hydrogens (tertiary/aromatic N) is 3. The fourth-order valence-corrected chi connectivity index (χ4v) is 4.84. The molecule has 5 nitrogen and oxygen atoms in total. The van der Waals surface area contributed by atoms with Gasteiger partial charge in [-0.1, -0.05) is 30.0 Å². The molecule has 0 N–H and O–H groups in total. The van der Waals surface area contributed by atoms with E-state index >= 15 is 0 Å². The van der Waals surface area contributed by atoms with Gasteiger partial charge in [0.15, 0.2) is 4.38 Å². The van der Waals surface area contributed by atoms with Crippen LogP contribution in [-0.2, 0) is 15.8 Å². The van der Waals surface area contributed by atoms with Crippen LogP contribution < -0.4 is 0 Å². The summed E-state index contributed by atoms with van der Waals surface area (Å²) in [5.41, 5.74) is 0.597. The molecular weight excluding hydrogens is 321 g/mol. The Kier molecular flexibility index (Phi) is 3.74. The van der Waals surface area contributed by atoms with E-state index in [4.69, 9.17) is 0 Å². The molecule has 20 heavy (non-hydrogen) atoms. The lowest BCUT2D eigenvalue weighted by Gasteiger charge is -2.16. The molecule has 2 heterocycles. The van der Waals surface area contributed by atoms with E-state index in [2.05, 4.69) is 9.50 Å². The molecular formula is C11H10FN3O2S3. The number of fused-ring (bicyclic) bond motifs is 1. The molecule has 0 atom stereocenters. The first-order chi connectivity index (χ1) is 9.53. The molecule has 3 rings (SSSR count). The summed E-state index contributed by atoms with van der Waals surface area (Å²) < 4.78 is 40.6. The molecule has 0 unspecified atom stereocenters. The first kappa shape index (κ1) is 13.9. The Balaban J connectivity index is 1.68. The third kappa shape index (κ3) is 2.99. The maximum atomic E-state index is 13.5. The first-order valence-corrected chi connectivity index (χ1v) is 9.17. The number of sulfonamides is 1. The number of halogens is 1. The van der Waals surface area contributed by atoms with E-state index in [1.807, 2.05) is 0 Å². The van der Waals surface area contributed by atoms with Crippen LogP contribution in [0.2, 0.25) is 0 Å². The lowest BCUT2D eigenvalue weighted by molar-refractivity contribution is 0.474. The Bertz CT molecular complexity index is 703. The number of thioether (sulfide) groups is 2. The Morgan fingerprint density at radius 1 is 1.40 bits per heavy atom. The summed E-state index contributed by atoms with van der Waals surface area (Å²) in [5.74, 6) is 0.180. The quantitative estimate of drug-likeness (QED) is 0.830. The summed E-state index contributed by atoms with van der Waals surface area (Å²) in [6, 6.07) is 6.56. The van der Waals surface area contributed by atoms with Crippen LogP contribution in [0.1, 0.15) is 5.56 Å². The van der Waals surface area contributed by atoms with Gasteiger partial charge in [0.05, 0.1) is 12.3 Å². The van der Waals surface area contributed by atoms with Crippen molar-refractivity contribution in [3.05, 3.63) is 35.6 Å². The largest absolute Gasteiger partial charge is 0.257 e. The lowest BCUT2D eigenvalue weighted by atomic mass is 10.2. The predicted octanol–water partition coefficient (Wildman–Crippen LogP) is 2.08. The Morgan fingerprint density at radius 3 is 3.00 bits per heavy atom. The van der Waals surface area contributed by atoms with Gasteiger partial charge in [0.1, 0.15) is 5.82 Å². The van der Waals surface area contributed by atoms with E-state index in [1.165, 1.54) is 29.6 Å². The molecule has 0 saturated carbocycles. The summed E-state index contributed by atoms with van der Waals surface area (Å²) in [6.45, 7) is 0.317. The molecule has 2 aliphatic heterocycles. The molecule has 0 fully saturated rings. The van der Waals surface area contributed by atoms with Crippen LogP contribution in [0.5, 0.6) is 0 Å². The van der Waals surface area contributed by atoms with Crippen molar-refractivity contribution < 1.29 is 12.8 Å². The van der Waals surface area contributed by atoms with Crippen molar-refractivity contribution in [1.82, 2.24) is 5.01 Å². The molecule has 0 saturated heterocycles. The number of rotatable bonds is 2. The Morgan fingerprint density at radius 2 is 2.20 bits per heavy atom. The van der Waals surface area contributed by atoms with Gasteiger partial charge in [-0.2, -0.15) is 5.10 Å². The van der Waals surface area contributed by atoms with Crippen molar-refractivity contribution in [3.8, 4) is 0 Å². The first-order valence-electron chi connectivity index (χ1n) is 5.76. The average molecular weight is 331 g/mol. The number of hydrazone groups is 1. The van der Waals surface area contributed by atoms with Gasteiger partial charge in [0, 0.05) is 5.75 Å². The van der Waals surface area contributed by atoms with Crippen molar-refractivity contribution in [2.24, 2.45) is 9.50 Å². The predicted molar refractivity (Wildman–Crippen MR) is 80.6 cm³/mol. The molecule has 0 aromatic heterocycles. The highest BCUT2D eigenvalue weighted by Crippen LogP contribution is 2.32. The van der Waals surface area contributed by atoms with Crippen LogP contribution >= 0.6 is 23.5 Å². The highest BCUT2D eigenvalue weighted by molar-refractivity contribution is 8.45. The van der Waals surface area contributed by atoms with E-state index in [9.17, 15) is 12.8 Å². The van der Waals surface area contributed by atoms with Gasteiger partial charge >= 0.3 is 0 Å². The second-order valence-corrected chi connectivity index (χ2v) is 8.06. The molecule has 0 radical (unpaired) electrons. The molecule has 9 heteroatoms. The minimum atomic E-state index is -3.35. The van der Waals surface area contributed by atoms with Crippen molar-refractivity contribution in [2.45, 2.75) is 5.75 Å². The molecule has 1 aromatic carbocycles. The molecule has 0 aliphatic carbocycles. The minimum Gasteiger partial charge on any atom is -0.239 e. The van der Waals surface area contributed by atoms with E-state index in [0.29, 0.717) is 27.4 Å². The van der Waals surface area contributed by atoms with E-state index in [-0.39, 0.29) is 11.6 Å². The highest BCUT2D eigenvalue weighted by atomic mass is 32.2.